The Labute approximate surface area is 146 Å². The maximum absolute atomic E-state index is 12.1. The third-order valence-electron chi connectivity index (χ3n) is 3.73. The highest BCUT2D eigenvalue weighted by atomic mass is 79.9. The third kappa shape index (κ3) is 4.17. The molecule has 0 radical (unpaired) electrons. The summed E-state index contributed by atoms with van der Waals surface area (Å²) in [4.78, 5) is 23.3. The number of aliphatic carboxylic acids is 1. The second kappa shape index (κ2) is 7.09. The largest absolute Gasteiger partial charge is 0.486 e. The Balaban J connectivity index is 1.57. The summed E-state index contributed by atoms with van der Waals surface area (Å²) in [6.07, 6.45) is 1.64. The molecule has 0 saturated heterocycles. The van der Waals surface area contributed by atoms with Gasteiger partial charge in [0.05, 0.1) is 0 Å². The van der Waals surface area contributed by atoms with Crippen molar-refractivity contribution in [1.29, 1.82) is 0 Å². The van der Waals surface area contributed by atoms with Gasteiger partial charge in [-0.2, -0.15) is 0 Å². The first kappa shape index (κ1) is 16.6. The molecule has 6 nitrogen and oxygen atoms in total. The monoisotopic (exact) mass is 393 g/mol. The number of carboxylic acid groups (broad SMARTS) is 1. The topological polar surface area (TPSA) is 88.8 Å². The van der Waals surface area contributed by atoms with Crippen LogP contribution in [0.2, 0.25) is 0 Å². The van der Waals surface area contributed by atoms with Crippen LogP contribution in [0.15, 0.2) is 45.3 Å². The first-order valence-electron chi connectivity index (χ1n) is 7.53. The molecular formula is C17H16BrNO5. The Morgan fingerprint density at radius 2 is 1.96 bits per heavy atom. The number of ether oxygens (including phenoxy) is 1. The van der Waals surface area contributed by atoms with E-state index in [0.717, 1.165) is 17.3 Å². The Bertz CT molecular complexity index is 736. The lowest BCUT2D eigenvalue weighted by molar-refractivity contribution is -0.139. The van der Waals surface area contributed by atoms with Crippen LogP contribution in [0.3, 0.4) is 0 Å². The molecule has 1 amide bonds. The molecule has 1 unspecified atom stereocenters. The Kier molecular flexibility index (Phi) is 4.89. The van der Waals surface area contributed by atoms with E-state index in [0.29, 0.717) is 11.5 Å². The van der Waals surface area contributed by atoms with Crippen LogP contribution < -0.4 is 10.1 Å². The van der Waals surface area contributed by atoms with E-state index in [1.807, 2.05) is 24.3 Å². The lowest BCUT2D eigenvalue weighted by Crippen LogP contribution is -2.42. The number of carbonyl (C=O) groups excluding carboxylic acids is 1. The quantitative estimate of drug-likeness (QED) is 0.753. The van der Waals surface area contributed by atoms with Crippen molar-refractivity contribution in [2.24, 2.45) is 5.92 Å². The summed E-state index contributed by atoms with van der Waals surface area (Å²) in [6, 6.07) is 9.65. The highest BCUT2D eigenvalue weighted by Crippen LogP contribution is 2.33. The Morgan fingerprint density at radius 3 is 2.58 bits per heavy atom. The number of nitrogens with one attached hydrogen (secondary N) is 1. The zero-order chi connectivity index (χ0) is 17.1. The fourth-order valence-electron chi connectivity index (χ4n) is 2.29. The van der Waals surface area contributed by atoms with Gasteiger partial charge in [-0.25, -0.2) is 4.79 Å². The van der Waals surface area contributed by atoms with Crippen LogP contribution in [0.1, 0.15) is 29.2 Å². The van der Waals surface area contributed by atoms with Gasteiger partial charge in [0.25, 0.3) is 5.91 Å². The molecule has 0 spiro atoms. The van der Waals surface area contributed by atoms with E-state index >= 15 is 0 Å². The number of hydrogen-bond donors (Lipinski definition) is 2. The van der Waals surface area contributed by atoms with Crippen molar-refractivity contribution in [3.05, 3.63) is 52.4 Å². The minimum atomic E-state index is -1.02. The maximum atomic E-state index is 12.1. The summed E-state index contributed by atoms with van der Waals surface area (Å²) < 4.78 is 12.0. The van der Waals surface area contributed by atoms with E-state index in [2.05, 4.69) is 21.2 Å². The van der Waals surface area contributed by atoms with Gasteiger partial charge in [-0.15, -0.1) is 0 Å². The standard InChI is InChI=1S/C17H16BrNO5/c18-11-3-5-12(6-4-11)23-9-13-7-8-14(24-13)16(20)19-15(17(21)22)10-1-2-10/h3-8,10,15H,1-2,9H2,(H,19,20)(H,21,22). The van der Waals surface area contributed by atoms with Gasteiger partial charge in [0.1, 0.15) is 24.2 Å². The fourth-order valence-corrected chi connectivity index (χ4v) is 2.55. The molecule has 0 bridgehead atoms. The predicted octanol–water partition coefficient (Wildman–Crippen LogP) is 3.21. The normalized spacial score (nSPS) is 14.9. The molecule has 1 aliphatic carbocycles. The van der Waals surface area contributed by atoms with Crippen LogP contribution in [0.25, 0.3) is 0 Å². The molecule has 1 fully saturated rings. The van der Waals surface area contributed by atoms with Crippen molar-refractivity contribution in [1.82, 2.24) is 5.32 Å². The van der Waals surface area contributed by atoms with E-state index in [9.17, 15) is 9.59 Å². The van der Waals surface area contributed by atoms with E-state index in [1.54, 1.807) is 6.07 Å². The minimum absolute atomic E-state index is 0.0154. The average Bonchev–Trinajstić information content (AvgIpc) is 3.28. The van der Waals surface area contributed by atoms with Crippen LogP contribution in [-0.4, -0.2) is 23.0 Å². The number of carboxylic acids is 1. The van der Waals surface area contributed by atoms with Crippen LogP contribution in [0, 0.1) is 5.92 Å². The van der Waals surface area contributed by atoms with Gasteiger partial charge < -0.3 is 19.6 Å². The first-order chi connectivity index (χ1) is 11.5. The zero-order valence-corrected chi connectivity index (χ0v) is 14.3. The molecule has 0 aliphatic heterocycles. The minimum Gasteiger partial charge on any atom is -0.486 e. The van der Waals surface area contributed by atoms with Gasteiger partial charge in [0.15, 0.2) is 5.76 Å². The van der Waals surface area contributed by atoms with Crippen molar-refractivity contribution < 1.29 is 23.8 Å². The van der Waals surface area contributed by atoms with Gasteiger partial charge in [0.2, 0.25) is 0 Å². The number of hydrogen-bond acceptors (Lipinski definition) is 4. The van der Waals surface area contributed by atoms with Gasteiger partial charge in [-0.1, -0.05) is 15.9 Å². The molecule has 24 heavy (non-hydrogen) atoms. The zero-order valence-electron chi connectivity index (χ0n) is 12.7. The summed E-state index contributed by atoms with van der Waals surface area (Å²) in [7, 11) is 0. The molecule has 1 aromatic carbocycles. The van der Waals surface area contributed by atoms with Gasteiger partial charge in [-0.05, 0) is 55.2 Å². The number of rotatable bonds is 7. The Morgan fingerprint density at radius 1 is 1.25 bits per heavy atom. The molecule has 1 atom stereocenters. The first-order valence-corrected chi connectivity index (χ1v) is 8.33. The molecule has 2 aromatic rings. The number of furan rings is 1. The molecular weight excluding hydrogens is 378 g/mol. The van der Waals surface area contributed by atoms with Gasteiger partial charge >= 0.3 is 5.97 Å². The molecule has 1 heterocycles. The number of carbonyl (C=O) groups is 2. The lowest BCUT2D eigenvalue weighted by Gasteiger charge is -2.12. The lowest BCUT2D eigenvalue weighted by atomic mass is 10.2. The van der Waals surface area contributed by atoms with Crippen LogP contribution >= 0.6 is 15.9 Å². The van der Waals surface area contributed by atoms with Crippen molar-refractivity contribution >= 4 is 27.8 Å². The third-order valence-corrected chi connectivity index (χ3v) is 4.25. The van der Waals surface area contributed by atoms with Crippen molar-refractivity contribution in [2.75, 3.05) is 0 Å². The van der Waals surface area contributed by atoms with Gasteiger partial charge in [-0.3, -0.25) is 4.79 Å². The molecule has 1 aliphatic rings. The van der Waals surface area contributed by atoms with Crippen LogP contribution in [0.5, 0.6) is 5.75 Å². The summed E-state index contributed by atoms with van der Waals surface area (Å²) in [5.74, 6) is -0.278. The molecule has 7 heteroatoms. The summed E-state index contributed by atoms with van der Waals surface area (Å²) >= 11 is 3.34. The van der Waals surface area contributed by atoms with E-state index in [4.69, 9.17) is 14.3 Å². The smallest absolute Gasteiger partial charge is 0.326 e. The maximum Gasteiger partial charge on any atom is 0.326 e. The molecule has 2 N–H and O–H groups in total. The summed E-state index contributed by atoms with van der Waals surface area (Å²) in [5, 5.41) is 11.7. The second-order valence-electron chi connectivity index (χ2n) is 5.64. The summed E-state index contributed by atoms with van der Waals surface area (Å²) in [6.45, 7) is 0.180. The molecule has 1 saturated carbocycles. The second-order valence-corrected chi connectivity index (χ2v) is 6.55. The van der Waals surface area contributed by atoms with E-state index in [-0.39, 0.29) is 18.3 Å². The highest BCUT2D eigenvalue weighted by Gasteiger charge is 2.37. The van der Waals surface area contributed by atoms with E-state index < -0.39 is 17.9 Å². The SMILES string of the molecule is O=C(NC(C(=O)O)C1CC1)c1ccc(COc2ccc(Br)cc2)o1. The van der Waals surface area contributed by atoms with Crippen molar-refractivity contribution in [2.45, 2.75) is 25.5 Å². The molecule has 126 valence electrons. The molecule has 3 rings (SSSR count). The number of halogens is 1. The predicted molar refractivity (Wildman–Crippen MR) is 88.8 cm³/mol. The van der Waals surface area contributed by atoms with E-state index in [1.165, 1.54) is 6.07 Å². The average molecular weight is 394 g/mol. The van der Waals surface area contributed by atoms with Crippen molar-refractivity contribution in [3.8, 4) is 5.75 Å². The summed E-state index contributed by atoms with van der Waals surface area (Å²) in [5.41, 5.74) is 0. The van der Waals surface area contributed by atoms with Gasteiger partial charge in [0, 0.05) is 4.47 Å². The fraction of sp³-hybridized carbons (Fsp3) is 0.294. The highest BCUT2D eigenvalue weighted by molar-refractivity contribution is 9.10. The Hall–Kier alpha value is -2.28. The number of benzene rings is 1. The van der Waals surface area contributed by atoms with Crippen molar-refractivity contribution in [3.63, 3.8) is 0 Å². The van der Waals surface area contributed by atoms with Crippen LogP contribution in [0.4, 0.5) is 0 Å². The molecule has 1 aromatic heterocycles. The van der Waals surface area contributed by atoms with Crippen LogP contribution in [-0.2, 0) is 11.4 Å². The number of amides is 1.